The Balaban J connectivity index is 2.20. The molecular formula is C17H19N. The average molecular weight is 237 g/mol. The minimum absolute atomic E-state index is 1.10. The Morgan fingerprint density at radius 3 is 2.61 bits per heavy atom. The second-order valence-electron chi connectivity index (χ2n) is 5.11. The summed E-state index contributed by atoms with van der Waals surface area (Å²) >= 11 is 0. The molecule has 1 aliphatic heterocycles. The lowest BCUT2D eigenvalue weighted by atomic mass is 9.90. The number of benzene rings is 2. The Kier molecular flexibility index (Phi) is 2.83. The zero-order valence-electron chi connectivity index (χ0n) is 11.1. The van der Waals surface area contributed by atoms with Crippen LogP contribution in [0.5, 0.6) is 0 Å². The molecule has 3 rings (SSSR count). The highest BCUT2D eigenvalue weighted by atomic mass is 14.9. The third-order valence-corrected chi connectivity index (χ3v) is 3.99. The van der Waals surface area contributed by atoms with Crippen LogP contribution in [0.25, 0.3) is 11.1 Å². The van der Waals surface area contributed by atoms with Crippen molar-refractivity contribution in [3.63, 3.8) is 0 Å². The molecule has 0 aliphatic carbocycles. The van der Waals surface area contributed by atoms with E-state index in [2.05, 4.69) is 55.6 Å². The molecule has 2 aromatic carbocycles. The fraction of sp³-hybridized carbons (Fsp3) is 0.294. The van der Waals surface area contributed by atoms with Crippen LogP contribution >= 0.6 is 0 Å². The number of anilines is 1. The topological polar surface area (TPSA) is 12.0 Å². The van der Waals surface area contributed by atoms with Crippen molar-refractivity contribution in [1.82, 2.24) is 0 Å². The Labute approximate surface area is 109 Å². The number of nitrogens with one attached hydrogen (secondary N) is 1. The molecule has 0 unspecified atom stereocenters. The zero-order valence-corrected chi connectivity index (χ0v) is 11.1. The van der Waals surface area contributed by atoms with E-state index in [1.54, 1.807) is 0 Å². The molecule has 2 aromatic rings. The first kappa shape index (κ1) is 11.3. The minimum Gasteiger partial charge on any atom is -0.385 e. The van der Waals surface area contributed by atoms with Crippen molar-refractivity contribution in [2.45, 2.75) is 26.7 Å². The van der Waals surface area contributed by atoms with Crippen LogP contribution in [0.3, 0.4) is 0 Å². The van der Waals surface area contributed by atoms with Crippen LogP contribution in [0, 0.1) is 13.8 Å². The number of aryl methyl sites for hydroxylation is 1. The molecule has 1 heteroatoms. The van der Waals surface area contributed by atoms with Gasteiger partial charge in [0.25, 0.3) is 0 Å². The standard InChI is InChI=1S/C17H19N/c1-12-6-3-7-14(13(12)2)15-8-4-10-17-16(15)9-5-11-18-17/h3-4,6-8,10,18H,5,9,11H2,1-2H3. The molecule has 1 heterocycles. The Bertz CT molecular complexity index is 584. The first-order valence-corrected chi connectivity index (χ1v) is 6.70. The Morgan fingerprint density at radius 1 is 0.944 bits per heavy atom. The Hall–Kier alpha value is -1.76. The van der Waals surface area contributed by atoms with Crippen molar-refractivity contribution in [2.75, 3.05) is 11.9 Å². The molecule has 1 aliphatic rings. The summed E-state index contributed by atoms with van der Waals surface area (Å²) in [4.78, 5) is 0. The molecule has 0 amide bonds. The third kappa shape index (κ3) is 1.80. The molecule has 0 bridgehead atoms. The number of rotatable bonds is 1. The van der Waals surface area contributed by atoms with Gasteiger partial charge in [-0.3, -0.25) is 0 Å². The van der Waals surface area contributed by atoms with Crippen molar-refractivity contribution in [2.24, 2.45) is 0 Å². The molecule has 0 saturated heterocycles. The van der Waals surface area contributed by atoms with Crippen molar-refractivity contribution >= 4 is 5.69 Å². The summed E-state index contributed by atoms with van der Waals surface area (Å²) < 4.78 is 0. The lowest BCUT2D eigenvalue weighted by Crippen LogP contribution is -2.12. The summed E-state index contributed by atoms with van der Waals surface area (Å²) in [5.74, 6) is 0. The smallest absolute Gasteiger partial charge is 0.0378 e. The number of hydrogen-bond donors (Lipinski definition) is 1. The maximum atomic E-state index is 3.51. The van der Waals surface area contributed by atoms with E-state index in [1.165, 1.54) is 46.3 Å². The van der Waals surface area contributed by atoms with Crippen molar-refractivity contribution in [1.29, 1.82) is 0 Å². The van der Waals surface area contributed by atoms with Crippen molar-refractivity contribution < 1.29 is 0 Å². The van der Waals surface area contributed by atoms with Gasteiger partial charge in [-0.1, -0.05) is 30.3 Å². The second kappa shape index (κ2) is 4.49. The lowest BCUT2D eigenvalue weighted by Gasteiger charge is -2.22. The van der Waals surface area contributed by atoms with E-state index in [4.69, 9.17) is 0 Å². The summed E-state index contributed by atoms with van der Waals surface area (Å²) in [6.45, 7) is 5.51. The molecule has 92 valence electrons. The van der Waals surface area contributed by atoms with Gasteiger partial charge in [0.15, 0.2) is 0 Å². The molecule has 0 saturated carbocycles. The molecule has 0 spiro atoms. The van der Waals surface area contributed by atoms with E-state index in [0.717, 1.165) is 6.54 Å². The van der Waals surface area contributed by atoms with E-state index in [1.807, 2.05) is 0 Å². The normalized spacial score (nSPS) is 13.9. The van der Waals surface area contributed by atoms with E-state index in [-0.39, 0.29) is 0 Å². The highest BCUT2D eigenvalue weighted by Crippen LogP contribution is 2.34. The van der Waals surface area contributed by atoms with E-state index < -0.39 is 0 Å². The van der Waals surface area contributed by atoms with Crippen LogP contribution < -0.4 is 5.32 Å². The molecule has 0 fully saturated rings. The molecule has 0 aromatic heterocycles. The molecule has 0 radical (unpaired) electrons. The fourth-order valence-corrected chi connectivity index (χ4v) is 2.81. The predicted octanol–water partition coefficient (Wildman–Crippen LogP) is 4.33. The van der Waals surface area contributed by atoms with Gasteiger partial charge in [-0.2, -0.15) is 0 Å². The summed E-state index contributed by atoms with van der Waals surface area (Å²) in [5, 5.41) is 3.51. The molecular weight excluding hydrogens is 218 g/mol. The van der Waals surface area contributed by atoms with Crippen molar-refractivity contribution in [3.05, 3.63) is 53.1 Å². The van der Waals surface area contributed by atoms with Gasteiger partial charge in [-0.05, 0) is 60.6 Å². The summed E-state index contributed by atoms with van der Waals surface area (Å²) in [6.07, 6.45) is 2.42. The Morgan fingerprint density at radius 2 is 1.72 bits per heavy atom. The van der Waals surface area contributed by atoms with E-state index in [9.17, 15) is 0 Å². The van der Waals surface area contributed by atoms with Gasteiger partial charge in [0.1, 0.15) is 0 Å². The number of fused-ring (bicyclic) bond motifs is 1. The number of hydrogen-bond acceptors (Lipinski definition) is 1. The van der Waals surface area contributed by atoms with Crippen LogP contribution in [-0.4, -0.2) is 6.54 Å². The highest BCUT2D eigenvalue weighted by Gasteiger charge is 2.14. The van der Waals surface area contributed by atoms with Crippen LogP contribution in [0.4, 0.5) is 5.69 Å². The molecule has 1 nitrogen and oxygen atoms in total. The maximum Gasteiger partial charge on any atom is 0.0378 e. The van der Waals surface area contributed by atoms with Gasteiger partial charge in [0.05, 0.1) is 0 Å². The van der Waals surface area contributed by atoms with Crippen LogP contribution in [0.2, 0.25) is 0 Å². The van der Waals surface area contributed by atoms with Gasteiger partial charge >= 0.3 is 0 Å². The van der Waals surface area contributed by atoms with Crippen molar-refractivity contribution in [3.8, 4) is 11.1 Å². The first-order chi connectivity index (χ1) is 8.77. The zero-order chi connectivity index (χ0) is 12.5. The van der Waals surface area contributed by atoms with Crippen LogP contribution in [0.1, 0.15) is 23.1 Å². The molecule has 18 heavy (non-hydrogen) atoms. The van der Waals surface area contributed by atoms with Gasteiger partial charge in [-0.15, -0.1) is 0 Å². The van der Waals surface area contributed by atoms with Gasteiger partial charge in [0, 0.05) is 12.2 Å². The predicted molar refractivity (Wildman–Crippen MR) is 78.2 cm³/mol. The molecule has 0 atom stereocenters. The van der Waals surface area contributed by atoms with Gasteiger partial charge < -0.3 is 5.32 Å². The lowest BCUT2D eigenvalue weighted by molar-refractivity contribution is 0.832. The SMILES string of the molecule is Cc1cccc(-c2cccc3c2CCCN3)c1C. The summed E-state index contributed by atoms with van der Waals surface area (Å²) in [5.41, 5.74) is 8.36. The van der Waals surface area contributed by atoms with Gasteiger partial charge in [0.2, 0.25) is 0 Å². The van der Waals surface area contributed by atoms with Crippen LogP contribution in [0.15, 0.2) is 36.4 Å². The van der Waals surface area contributed by atoms with Crippen LogP contribution in [-0.2, 0) is 6.42 Å². The van der Waals surface area contributed by atoms with E-state index in [0.29, 0.717) is 0 Å². The summed E-state index contributed by atoms with van der Waals surface area (Å²) in [6, 6.07) is 13.2. The van der Waals surface area contributed by atoms with E-state index >= 15 is 0 Å². The third-order valence-electron chi connectivity index (χ3n) is 3.99. The minimum atomic E-state index is 1.10. The largest absolute Gasteiger partial charge is 0.385 e. The molecule has 1 N–H and O–H groups in total. The summed E-state index contributed by atoms with van der Waals surface area (Å²) in [7, 11) is 0. The van der Waals surface area contributed by atoms with Gasteiger partial charge in [-0.25, -0.2) is 0 Å². The first-order valence-electron chi connectivity index (χ1n) is 6.70. The fourth-order valence-electron chi connectivity index (χ4n) is 2.81. The highest BCUT2D eigenvalue weighted by molar-refractivity contribution is 5.77. The second-order valence-corrected chi connectivity index (χ2v) is 5.11. The quantitative estimate of drug-likeness (QED) is 0.778. The monoisotopic (exact) mass is 237 g/mol. The average Bonchev–Trinajstić information content (AvgIpc) is 2.41. The maximum absolute atomic E-state index is 3.51.